The lowest BCUT2D eigenvalue weighted by atomic mass is 9.43. The van der Waals surface area contributed by atoms with Gasteiger partial charge in [-0.3, -0.25) is 0 Å². The molecule has 0 heterocycles. The van der Waals surface area contributed by atoms with E-state index in [2.05, 4.69) is 205 Å². The smallest absolute Gasteiger partial charge is 0.0462 e. The van der Waals surface area contributed by atoms with E-state index >= 15 is 0 Å². The van der Waals surface area contributed by atoms with Crippen LogP contribution in [0.15, 0.2) is 200 Å². The third-order valence-corrected chi connectivity index (χ3v) is 14.7. The number of rotatable bonds is 7. The SMILES string of the molecule is c1ccc(-c2ccc(N(c3ccc(-c4ccccc4)cc3)c3ccc(-c4cccc5c4-c4ccc(-c6ccccc6)cc4C54C5CC6CC(C5)CC4C6)cc3)cc2)cc1. The Hall–Kier alpha value is -6.44. The molecule has 0 amide bonds. The Bertz CT molecular complexity index is 2670. The molecule has 1 nitrogen and oxygen atoms in total. The van der Waals surface area contributed by atoms with Crippen molar-refractivity contribution in [2.75, 3.05) is 4.90 Å². The number of nitrogens with zero attached hydrogens (tertiary/aromatic N) is 1. The fraction of sp³-hybridized carbons (Fsp3) is 0.172. The van der Waals surface area contributed by atoms with Crippen LogP contribution in [0.2, 0.25) is 0 Å². The van der Waals surface area contributed by atoms with Gasteiger partial charge in [0.25, 0.3) is 0 Å². The van der Waals surface area contributed by atoms with Crippen LogP contribution in [0.1, 0.15) is 43.2 Å². The number of benzene rings is 8. The zero-order valence-corrected chi connectivity index (χ0v) is 33.3. The summed E-state index contributed by atoms with van der Waals surface area (Å²) in [5.74, 6) is 3.27. The summed E-state index contributed by atoms with van der Waals surface area (Å²) < 4.78 is 0. The Balaban J connectivity index is 0.964. The molecule has 8 aromatic rings. The molecule has 0 unspecified atom stereocenters. The van der Waals surface area contributed by atoms with Crippen LogP contribution < -0.4 is 4.90 Å². The molecule has 1 heteroatoms. The average Bonchev–Trinajstić information content (AvgIpc) is 3.60. The highest BCUT2D eigenvalue weighted by molar-refractivity contribution is 5.95. The first-order chi connectivity index (χ1) is 29.2. The highest BCUT2D eigenvalue weighted by Gasteiger charge is 2.61. The van der Waals surface area contributed by atoms with Crippen molar-refractivity contribution in [2.45, 2.75) is 37.5 Å². The van der Waals surface area contributed by atoms with E-state index < -0.39 is 0 Å². The van der Waals surface area contributed by atoms with Gasteiger partial charge in [-0.2, -0.15) is 0 Å². The topological polar surface area (TPSA) is 3.24 Å². The van der Waals surface area contributed by atoms with Crippen molar-refractivity contribution in [1.29, 1.82) is 0 Å². The van der Waals surface area contributed by atoms with Crippen molar-refractivity contribution in [3.8, 4) is 55.6 Å². The summed E-state index contributed by atoms with van der Waals surface area (Å²) in [5.41, 5.74) is 19.9. The van der Waals surface area contributed by atoms with Crippen LogP contribution in [-0.4, -0.2) is 0 Å². The predicted molar refractivity (Wildman–Crippen MR) is 246 cm³/mol. The molecule has 13 rings (SSSR count). The fourth-order valence-corrected chi connectivity index (χ4v) is 12.4. The summed E-state index contributed by atoms with van der Waals surface area (Å²) in [4.78, 5) is 2.40. The second-order valence-electron chi connectivity index (χ2n) is 17.7. The minimum atomic E-state index is 0.105. The Labute approximate surface area is 348 Å². The molecule has 0 aliphatic heterocycles. The van der Waals surface area contributed by atoms with Gasteiger partial charge in [-0.15, -0.1) is 0 Å². The summed E-state index contributed by atoms with van der Waals surface area (Å²) in [6.45, 7) is 0. The van der Waals surface area contributed by atoms with Crippen LogP contribution in [0.5, 0.6) is 0 Å². The zero-order chi connectivity index (χ0) is 38.9. The molecule has 0 N–H and O–H groups in total. The summed E-state index contributed by atoms with van der Waals surface area (Å²) in [5, 5.41) is 0. The highest BCUT2D eigenvalue weighted by Crippen LogP contribution is 2.70. The van der Waals surface area contributed by atoms with Gasteiger partial charge in [-0.05, 0) is 165 Å². The molecule has 4 fully saturated rings. The molecule has 284 valence electrons. The molecule has 4 bridgehead atoms. The summed E-state index contributed by atoms with van der Waals surface area (Å²) in [6, 6.07) is 74.6. The lowest BCUT2D eigenvalue weighted by Gasteiger charge is -2.61. The van der Waals surface area contributed by atoms with E-state index in [1.807, 2.05) is 0 Å². The van der Waals surface area contributed by atoms with E-state index in [1.165, 1.54) is 87.7 Å². The molecular formula is C58H47N. The third kappa shape index (κ3) is 5.59. The molecule has 8 aromatic carbocycles. The van der Waals surface area contributed by atoms with Crippen LogP contribution in [-0.2, 0) is 5.41 Å². The number of fused-ring (bicyclic) bond motifs is 3. The summed E-state index contributed by atoms with van der Waals surface area (Å²) in [6.07, 6.45) is 7.00. The van der Waals surface area contributed by atoms with Gasteiger partial charge in [0.05, 0.1) is 0 Å². The minimum Gasteiger partial charge on any atom is -0.311 e. The Morgan fingerprint density at radius 2 is 0.746 bits per heavy atom. The lowest BCUT2D eigenvalue weighted by molar-refractivity contribution is -0.0399. The molecule has 0 saturated heterocycles. The quantitative estimate of drug-likeness (QED) is 0.156. The average molecular weight is 758 g/mol. The van der Waals surface area contributed by atoms with Crippen molar-refractivity contribution < 1.29 is 0 Å². The van der Waals surface area contributed by atoms with Crippen LogP contribution in [0, 0.1) is 23.7 Å². The Morgan fingerprint density at radius 3 is 1.24 bits per heavy atom. The van der Waals surface area contributed by atoms with Crippen molar-refractivity contribution in [3.05, 3.63) is 211 Å². The number of anilines is 3. The normalized spacial score (nSPS) is 22.0. The van der Waals surface area contributed by atoms with Gasteiger partial charge < -0.3 is 4.90 Å². The van der Waals surface area contributed by atoms with Gasteiger partial charge in [0.15, 0.2) is 0 Å². The molecule has 59 heavy (non-hydrogen) atoms. The predicted octanol–water partition coefficient (Wildman–Crippen LogP) is 15.5. The van der Waals surface area contributed by atoms with Crippen molar-refractivity contribution >= 4 is 17.1 Å². The van der Waals surface area contributed by atoms with E-state index in [0.717, 1.165) is 40.7 Å². The van der Waals surface area contributed by atoms with Gasteiger partial charge in [0, 0.05) is 22.5 Å². The summed E-state index contributed by atoms with van der Waals surface area (Å²) >= 11 is 0. The van der Waals surface area contributed by atoms with Gasteiger partial charge in [-0.25, -0.2) is 0 Å². The largest absolute Gasteiger partial charge is 0.311 e. The first-order valence-electron chi connectivity index (χ1n) is 21.8. The maximum atomic E-state index is 2.61. The molecule has 0 aromatic heterocycles. The maximum Gasteiger partial charge on any atom is 0.0462 e. The molecule has 4 saturated carbocycles. The van der Waals surface area contributed by atoms with Crippen LogP contribution in [0.4, 0.5) is 17.1 Å². The molecule has 0 radical (unpaired) electrons. The van der Waals surface area contributed by atoms with E-state index in [0.29, 0.717) is 0 Å². The van der Waals surface area contributed by atoms with Gasteiger partial charge in [0.2, 0.25) is 0 Å². The number of hydrogen-bond donors (Lipinski definition) is 0. The maximum absolute atomic E-state index is 2.61. The molecule has 1 spiro atoms. The van der Waals surface area contributed by atoms with Crippen LogP contribution in [0.3, 0.4) is 0 Å². The van der Waals surface area contributed by atoms with E-state index in [4.69, 9.17) is 0 Å². The van der Waals surface area contributed by atoms with Gasteiger partial charge in [-0.1, -0.05) is 158 Å². The van der Waals surface area contributed by atoms with Crippen molar-refractivity contribution in [1.82, 2.24) is 0 Å². The third-order valence-electron chi connectivity index (χ3n) is 14.7. The second-order valence-corrected chi connectivity index (χ2v) is 17.7. The second kappa shape index (κ2) is 13.8. The van der Waals surface area contributed by atoms with Crippen molar-refractivity contribution in [2.24, 2.45) is 23.7 Å². The van der Waals surface area contributed by atoms with Crippen LogP contribution in [0.25, 0.3) is 55.6 Å². The molecule has 5 aliphatic rings. The standard InChI is InChI=1S/C58H47N/c1-4-11-41(12-5-1)44-19-26-50(27-20-44)59(51-28-21-45(22-29-51)42-13-6-2-7-14-42)52-30-23-46(24-31-52)53-17-10-18-55-57(53)54-32-25-47(43-15-8-3-9-16-43)38-56(54)58(55)48-34-39-33-40(36-48)37-49(58)35-39/h1-32,38-40,48-49H,33-37H2. The first-order valence-corrected chi connectivity index (χ1v) is 21.8. The first kappa shape index (κ1) is 34.6. The van der Waals surface area contributed by atoms with E-state index in [1.54, 1.807) is 11.1 Å². The minimum absolute atomic E-state index is 0.105. The lowest BCUT2D eigenvalue weighted by Crippen LogP contribution is -2.55. The fourth-order valence-electron chi connectivity index (χ4n) is 12.4. The monoisotopic (exact) mass is 757 g/mol. The number of hydrogen-bond acceptors (Lipinski definition) is 1. The van der Waals surface area contributed by atoms with Gasteiger partial charge >= 0.3 is 0 Å². The van der Waals surface area contributed by atoms with E-state index in [9.17, 15) is 0 Å². The zero-order valence-electron chi connectivity index (χ0n) is 33.3. The van der Waals surface area contributed by atoms with Gasteiger partial charge in [0.1, 0.15) is 0 Å². The highest BCUT2D eigenvalue weighted by atomic mass is 15.1. The molecular weight excluding hydrogens is 711 g/mol. The van der Waals surface area contributed by atoms with Crippen LogP contribution >= 0.6 is 0 Å². The Morgan fingerprint density at radius 1 is 0.322 bits per heavy atom. The Kier molecular flexibility index (Phi) is 8.12. The van der Waals surface area contributed by atoms with Crippen molar-refractivity contribution in [3.63, 3.8) is 0 Å². The molecule has 0 atom stereocenters. The summed E-state index contributed by atoms with van der Waals surface area (Å²) in [7, 11) is 0. The van der Waals surface area contributed by atoms with E-state index in [-0.39, 0.29) is 5.41 Å². The molecule has 5 aliphatic carbocycles.